The summed E-state index contributed by atoms with van der Waals surface area (Å²) in [6.07, 6.45) is 0. The monoisotopic (exact) mass is 347 g/mol. The Kier molecular flexibility index (Phi) is 3.53. The lowest BCUT2D eigenvalue weighted by atomic mass is 10.1. The SMILES string of the molecule is O=c1cc(N2CCOCC2)oc2cc(-c3cc4ccccc4o3)ccc12. The zero-order valence-electron chi connectivity index (χ0n) is 14.1. The molecule has 2 aromatic heterocycles. The first kappa shape index (κ1) is 15.2. The number of furan rings is 1. The zero-order valence-corrected chi connectivity index (χ0v) is 14.1. The molecule has 4 aromatic rings. The zero-order chi connectivity index (χ0) is 17.5. The number of anilines is 1. The standard InChI is InChI=1S/C21H17NO4/c23-17-13-21(22-7-9-24-10-8-22)26-20-12-15(5-6-16(17)20)19-11-14-3-1-2-4-18(14)25-19/h1-6,11-13H,7-10H2. The van der Waals surface area contributed by atoms with Crippen LogP contribution in [-0.2, 0) is 4.74 Å². The highest BCUT2D eigenvalue weighted by atomic mass is 16.5. The van der Waals surface area contributed by atoms with Crippen LogP contribution in [0.3, 0.4) is 0 Å². The topological polar surface area (TPSA) is 55.8 Å². The first-order chi connectivity index (χ1) is 12.8. The fourth-order valence-electron chi connectivity index (χ4n) is 3.36. The van der Waals surface area contributed by atoms with Gasteiger partial charge in [0.1, 0.15) is 16.9 Å². The number of morpholine rings is 1. The molecule has 1 fully saturated rings. The Morgan fingerprint density at radius 3 is 2.54 bits per heavy atom. The molecule has 5 rings (SSSR count). The molecule has 5 heteroatoms. The van der Waals surface area contributed by atoms with E-state index < -0.39 is 0 Å². The number of benzene rings is 2. The van der Waals surface area contributed by atoms with E-state index in [4.69, 9.17) is 13.6 Å². The Bertz CT molecular complexity index is 1120. The number of hydrogen-bond acceptors (Lipinski definition) is 5. The minimum atomic E-state index is -0.0381. The number of rotatable bonds is 2. The molecular formula is C21H17NO4. The van der Waals surface area contributed by atoms with E-state index in [2.05, 4.69) is 0 Å². The fraction of sp³-hybridized carbons (Fsp3) is 0.190. The summed E-state index contributed by atoms with van der Waals surface area (Å²) in [5, 5.41) is 1.62. The highest BCUT2D eigenvalue weighted by molar-refractivity contribution is 5.86. The van der Waals surface area contributed by atoms with E-state index in [9.17, 15) is 4.79 Å². The summed E-state index contributed by atoms with van der Waals surface area (Å²) in [6, 6.07) is 17.0. The van der Waals surface area contributed by atoms with Gasteiger partial charge in [-0.15, -0.1) is 0 Å². The lowest BCUT2D eigenvalue weighted by Crippen LogP contribution is -2.36. The van der Waals surface area contributed by atoms with Crippen LogP contribution in [-0.4, -0.2) is 26.3 Å². The van der Waals surface area contributed by atoms with Crippen LogP contribution in [0.15, 0.2) is 68.2 Å². The second kappa shape index (κ2) is 6.04. The second-order valence-corrected chi connectivity index (χ2v) is 6.41. The van der Waals surface area contributed by atoms with Gasteiger partial charge in [-0.25, -0.2) is 0 Å². The Labute approximate surface area is 149 Å². The van der Waals surface area contributed by atoms with Crippen LogP contribution in [0.2, 0.25) is 0 Å². The van der Waals surface area contributed by atoms with Crippen LogP contribution >= 0.6 is 0 Å². The van der Waals surface area contributed by atoms with Crippen molar-refractivity contribution in [1.82, 2.24) is 0 Å². The summed E-state index contributed by atoms with van der Waals surface area (Å²) in [5.41, 5.74) is 2.25. The fourth-order valence-corrected chi connectivity index (χ4v) is 3.36. The molecule has 2 aromatic carbocycles. The molecule has 130 valence electrons. The molecule has 0 bridgehead atoms. The Hall–Kier alpha value is -3.05. The number of nitrogens with zero attached hydrogens (tertiary/aromatic N) is 1. The van der Waals surface area contributed by atoms with Gasteiger partial charge in [-0.3, -0.25) is 4.79 Å². The van der Waals surface area contributed by atoms with Gasteiger partial charge in [-0.2, -0.15) is 0 Å². The van der Waals surface area contributed by atoms with E-state index >= 15 is 0 Å². The van der Waals surface area contributed by atoms with E-state index in [1.54, 1.807) is 12.1 Å². The quantitative estimate of drug-likeness (QED) is 0.548. The smallest absolute Gasteiger partial charge is 0.200 e. The summed E-state index contributed by atoms with van der Waals surface area (Å²) in [5.74, 6) is 1.35. The Morgan fingerprint density at radius 2 is 1.69 bits per heavy atom. The maximum absolute atomic E-state index is 12.5. The second-order valence-electron chi connectivity index (χ2n) is 6.41. The third kappa shape index (κ3) is 2.57. The largest absolute Gasteiger partial charge is 0.456 e. The lowest BCUT2D eigenvalue weighted by molar-refractivity contribution is 0.121. The molecule has 0 unspecified atom stereocenters. The van der Waals surface area contributed by atoms with Gasteiger partial charge in [0.25, 0.3) is 0 Å². The molecule has 0 aliphatic carbocycles. The normalized spacial score (nSPS) is 15.0. The van der Waals surface area contributed by atoms with Gasteiger partial charge >= 0.3 is 0 Å². The van der Waals surface area contributed by atoms with Gasteiger partial charge in [-0.1, -0.05) is 24.3 Å². The van der Waals surface area contributed by atoms with E-state index in [1.165, 1.54) is 0 Å². The Morgan fingerprint density at radius 1 is 0.846 bits per heavy atom. The molecule has 0 saturated carbocycles. The number of fused-ring (bicyclic) bond motifs is 2. The van der Waals surface area contributed by atoms with Crippen LogP contribution in [0.1, 0.15) is 0 Å². The average Bonchev–Trinajstić information content (AvgIpc) is 3.12. The van der Waals surface area contributed by atoms with Gasteiger partial charge in [0.15, 0.2) is 11.3 Å². The first-order valence-corrected chi connectivity index (χ1v) is 8.67. The van der Waals surface area contributed by atoms with Gasteiger partial charge in [-0.05, 0) is 24.3 Å². The van der Waals surface area contributed by atoms with E-state index in [1.807, 2.05) is 47.4 Å². The number of para-hydroxylation sites is 1. The summed E-state index contributed by atoms with van der Waals surface area (Å²) < 4.78 is 17.4. The molecule has 1 aliphatic rings. The molecule has 1 saturated heterocycles. The van der Waals surface area contributed by atoms with Crippen molar-refractivity contribution in [3.63, 3.8) is 0 Å². The minimum absolute atomic E-state index is 0.0381. The van der Waals surface area contributed by atoms with Crippen molar-refractivity contribution in [2.75, 3.05) is 31.2 Å². The van der Waals surface area contributed by atoms with Crippen molar-refractivity contribution >= 4 is 27.8 Å². The maximum atomic E-state index is 12.5. The molecule has 0 N–H and O–H groups in total. The summed E-state index contributed by atoms with van der Waals surface area (Å²) in [4.78, 5) is 14.5. The first-order valence-electron chi connectivity index (χ1n) is 8.67. The highest BCUT2D eigenvalue weighted by Crippen LogP contribution is 2.30. The van der Waals surface area contributed by atoms with Crippen molar-refractivity contribution in [1.29, 1.82) is 0 Å². The maximum Gasteiger partial charge on any atom is 0.200 e. The van der Waals surface area contributed by atoms with Crippen molar-refractivity contribution in [2.24, 2.45) is 0 Å². The molecule has 1 aliphatic heterocycles. The van der Waals surface area contributed by atoms with E-state index in [0.29, 0.717) is 30.1 Å². The molecule has 3 heterocycles. The van der Waals surface area contributed by atoms with Crippen LogP contribution in [0.25, 0.3) is 33.3 Å². The van der Waals surface area contributed by atoms with Crippen LogP contribution < -0.4 is 10.3 Å². The molecular weight excluding hydrogens is 330 g/mol. The third-order valence-electron chi connectivity index (χ3n) is 4.75. The third-order valence-corrected chi connectivity index (χ3v) is 4.75. The van der Waals surface area contributed by atoms with Crippen LogP contribution in [0.5, 0.6) is 0 Å². The van der Waals surface area contributed by atoms with Gasteiger partial charge < -0.3 is 18.5 Å². The summed E-state index contributed by atoms with van der Waals surface area (Å²) in [7, 11) is 0. The summed E-state index contributed by atoms with van der Waals surface area (Å²) in [6.45, 7) is 2.72. The predicted molar refractivity (Wildman–Crippen MR) is 101 cm³/mol. The van der Waals surface area contributed by atoms with Crippen LogP contribution in [0.4, 0.5) is 5.88 Å². The molecule has 5 nitrogen and oxygen atoms in total. The minimum Gasteiger partial charge on any atom is -0.456 e. The van der Waals surface area contributed by atoms with Crippen molar-refractivity contribution in [3.05, 3.63) is 64.8 Å². The van der Waals surface area contributed by atoms with Crippen LogP contribution in [0, 0.1) is 0 Å². The molecule has 0 radical (unpaired) electrons. The predicted octanol–water partition coefficient (Wildman–Crippen LogP) is 4.04. The molecule has 26 heavy (non-hydrogen) atoms. The highest BCUT2D eigenvalue weighted by Gasteiger charge is 2.16. The summed E-state index contributed by atoms with van der Waals surface area (Å²) >= 11 is 0. The van der Waals surface area contributed by atoms with Gasteiger partial charge in [0.05, 0.1) is 18.6 Å². The van der Waals surface area contributed by atoms with Gasteiger partial charge in [0, 0.05) is 30.1 Å². The van der Waals surface area contributed by atoms with Crippen molar-refractivity contribution in [2.45, 2.75) is 0 Å². The lowest BCUT2D eigenvalue weighted by Gasteiger charge is -2.27. The molecule has 0 atom stereocenters. The number of hydrogen-bond donors (Lipinski definition) is 0. The average molecular weight is 347 g/mol. The molecule has 0 spiro atoms. The Balaban J connectivity index is 1.62. The molecule has 0 amide bonds. The van der Waals surface area contributed by atoms with Gasteiger partial charge in [0.2, 0.25) is 0 Å². The van der Waals surface area contributed by atoms with Crippen molar-refractivity contribution < 1.29 is 13.6 Å². The number of ether oxygens (including phenoxy) is 1. The van der Waals surface area contributed by atoms with Crippen molar-refractivity contribution in [3.8, 4) is 11.3 Å². The van der Waals surface area contributed by atoms with E-state index in [0.717, 1.165) is 35.4 Å². The van der Waals surface area contributed by atoms with E-state index in [-0.39, 0.29) is 5.43 Å².